The van der Waals surface area contributed by atoms with Crippen molar-refractivity contribution in [3.05, 3.63) is 39.8 Å². The monoisotopic (exact) mass is 350 g/mol. The lowest BCUT2D eigenvalue weighted by molar-refractivity contribution is 0.491. The predicted octanol–water partition coefficient (Wildman–Crippen LogP) is 4.24. The van der Waals surface area contributed by atoms with Crippen LogP contribution < -0.4 is 5.43 Å². The number of halogens is 1. The van der Waals surface area contributed by atoms with Crippen LogP contribution in [0.15, 0.2) is 45.0 Å². The summed E-state index contributed by atoms with van der Waals surface area (Å²) in [5.74, 6) is 0.815. The Labute approximate surface area is 130 Å². The SMILES string of the molecule is CC(C)(C)C1=CSc2nnc(-c3ccccc3Br)n2N1. The molecule has 0 saturated heterocycles. The Kier molecular flexibility index (Phi) is 3.38. The first-order valence-corrected chi connectivity index (χ1v) is 7.99. The first kappa shape index (κ1) is 13.7. The molecule has 3 rings (SSSR count). The third-order valence-electron chi connectivity index (χ3n) is 3.07. The fourth-order valence-electron chi connectivity index (χ4n) is 1.87. The molecule has 0 bridgehead atoms. The Morgan fingerprint density at radius 3 is 2.65 bits per heavy atom. The highest BCUT2D eigenvalue weighted by atomic mass is 79.9. The van der Waals surface area contributed by atoms with Crippen molar-refractivity contribution >= 4 is 27.7 Å². The molecule has 0 unspecified atom stereocenters. The number of thioether (sulfide) groups is 1. The van der Waals surface area contributed by atoms with E-state index < -0.39 is 0 Å². The lowest BCUT2D eigenvalue weighted by atomic mass is 9.93. The molecule has 0 fully saturated rings. The second kappa shape index (κ2) is 4.93. The number of fused-ring (bicyclic) bond motifs is 1. The third-order valence-corrected chi connectivity index (χ3v) is 4.59. The van der Waals surface area contributed by atoms with Crippen molar-refractivity contribution in [3.63, 3.8) is 0 Å². The van der Waals surface area contributed by atoms with Crippen LogP contribution in [0.5, 0.6) is 0 Å². The minimum absolute atomic E-state index is 0.0557. The van der Waals surface area contributed by atoms with Gasteiger partial charge in [0.1, 0.15) is 0 Å². The van der Waals surface area contributed by atoms with Crippen LogP contribution in [0.2, 0.25) is 0 Å². The Morgan fingerprint density at radius 1 is 1.20 bits per heavy atom. The van der Waals surface area contributed by atoms with E-state index >= 15 is 0 Å². The second-order valence-corrected chi connectivity index (χ2v) is 7.32. The molecule has 6 heteroatoms. The highest BCUT2D eigenvalue weighted by Gasteiger charge is 2.25. The van der Waals surface area contributed by atoms with Gasteiger partial charge in [-0.05, 0) is 12.1 Å². The van der Waals surface area contributed by atoms with Gasteiger partial charge in [-0.25, -0.2) is 4.68 Å². The molecule has 0 radical (unpaired) electrons. The summed E-state index contributed by atoms with van der Waals surface area (Å²) in [5.41, 5.74) is 5.66. The fourth-order valence-corrected chi connectivity index (χ4v) is 3.28. The van der Waals surface area contributed by atoms with Crippen LogP contribution in [-0.2, 0) is 0 Å². The lowest BCUT2D eigenvalue weighted by Crippen LogP contribution is -2.27. The standard InChI is InChI=1S/C14H15BrN4S/c1-14(2,3)11-8-20-13-17-16-12(19(13)18-11)9-6-4-5-7-10(9)15/h4-8,18H,1-3H3. The van der Waals surface area contributed by atoms with Gasteiger partial charge < -0.3 is 0 Å². The van der Waals surface area contributed by atoms with Crippen LogP contribution in [0.4, 0.5) is 0 Å². The molecule has 4 nitrogen and oxygen atoms in total. The predicted molar refractivity (Wildman–Crippen MR) is 85.9 cm³/mol. The van der Waals surface area contributed by atoms with Crippen LogP contribution >= 0.6 is 27.7 Å². The average molecular weight is 351 g/mol. The van der Waals surface area contributed by atoms with Gasteiger partial charge >= 0.3 is 0 Å². The molecule has 1 aromatic carbocycles. The minimum Gasteiger partial charge on any atom is -0.293 e. The van der Waals surface area contributed by atoms with Crippen LogP contribution in [0.25, 0.3) is 11.4 Å². The Bertz CT molecular complexity index is 685. The molecule has 1 N–H and O–H groups in total. The van der Waals surface area contributed by atoms with Crippen molar-refractivity contribution in [2.24, 2.45) is 5.41 Å². The van der Waals surface area contributed by atoms with Gasteiger partial charge in [-0.15, -0.1) is 10.2 Å². The molecule has 1 aromatic heterocycles. The summed E-state index contributed by atoms with van der Waals surface area (Å²) in [5, 5.41) is 11.5. The maximum atomic E-state index is 4.31. The van der Waals surface area contributed by atoms with E-state index in [2.05, 4.69) is 57.7 Å². The van der Waals surface area contributed by atoms with Gasteiger partial charge in [-0.1, -0.05) is 60.6 Å². The van der Waals surface area contributed by atoms with Gasteiger partial charge in [0, 0.05) is 26.6 Å². The molecule has 0 amide bonds. The van der Waals surface area contributed by atoms with Crippen molar-refractivity contribution in [3.8, 4) is 11.4 Å². The number of hydrogen-bond donors (Lipinski definition) is 1. The van der Waals surface area contributed by atoms with Gasteiger partial charge in [-0.3, -0.25) is 5.43 Å². The highest BCUT2D eigenvalue weighted by Crippen LogP contribution is 2.35. The van der Waals surface area contributed by atoms with Gasteiger partial charge in [0.25, 0.3) is 0 Å². The largest absolute Gasteiger partial charge is 0.293 e. The fraction of sp³-hybridized carbons (Fsp3) is 0.286. The van der Waals surface area contributed by atoms with Crippen molar-refractivity contribution in [1.29, 1.82) is 0 Å². The minimum atomic E-state index is 0.0557. The van der Waals surface area contributed by atoms with E-state index in [1.807, 2.05) is 28.9 Å². The summed E-state index contributed by atoms with van der Waals surface area (Å²) in [4.78, 5) is 0. The lowest BCUT2D eigenvalue weighted by Gasteiger charge is -2.28. The topological polar surface area (TPSA) is 42.7 Å². The van der Waals surface area contributed by atoms with Crippen LogP contribution in [0.3, 0.4) is 0 Å². The van der Waals surface area contributed by atoms with Crippen LogP contribution in [-0.4, -0.2) is 14.9 Å². The van der Waals surface area contributed by atoms with Crippen molar-refractivity contribution in [1.82, 2.24) is 14.9 Å². The molecule has 0 saturated carbocycles. The molecule has 2 heterocycles. The molecule has 1 aliphatic heterocycles. The molecule has 0 spiro atoms. The first-order chi connectivity index (χ1) is 9.47. The number of nitrogens with one attached hydrogen (secondary N) is 1. The maximum absolute atomic E-state index is 4.31. The summed E-state index contributed by atoms with van der Waals surface area (Å²) in [6, 6.07) is 8.03. The molecular formula is C14H15BrN4S. The summed E-state index contributed by atoms with van der Waals surface area (Å²) in [6.07, 6.45) is 0. The molecule has 1 aliphatic rings. The van der Waals surface area contributed by atoms with Crippen molar-refractivity contribution in [2.45, 2.75) is 25.9 Å². The van der Waals surface area contributed by atoms with E-state index in [4.69, 9.17) is 0 Å². The quantitative estimate of drug-likeness (QED) is 0.834. The highest BCUT2D eigenvalue weighted by molar-refractivity contribution is 9.10. The third kappa shape index (κ3) is 2.38. The van der Waals surface area contributed by atoms with Gasteiger partial charge in [0.05, 0.1) is 0 Å². The molecule has 0 atom stereocenters. The maximum Gasteiger partial charge on any atom is 0.214 e. The molecule has 0 aliphatic carbocycles. The van der Waals surface area contributed by atoms with E-state index in [0.29, 0.717) is 0 Å². The smallest absolute Gasteiger partial charge is 0.214 e. The van der Waals surface area contributed by atoms with Crippen LogP contribution in [0, 0.1) is 5.41 Å². The molecule has 104 valence electrons. The van der Waals surface area contributed by atoms with E-state index in [9.17, 15) is 0 Å². The number of hydrogen-bond acceptors (Lipinski definition) is 4. The zero-order chi connectivity index (χ0) is 14.3. The van der Waals surface area contributed by atoms with E-state index in [1.165, 1.54) is 0 Å². The summed E-state index contributed by atoms with van der Waals surface area (Å²) < 4.78 is 2.96. The van der Waals surface area contributed by atoms with E-state index in [-0.39, 0.29) is 5.41 Å². The molecule has 20 heavy (non-hydrogen) atoms. The number of aromatic nitrogens is 3. The van der Waals surface area contributed by atoms with Crippen molar-refractivity contribution < 1.29 is 0 Å². The summed E-state index contributed by atoms with van der Waals surface area (Å²) in [7, 11) is 0. The zero-order valence-corrected chi connectivity index (χ0v) is 13.9. The van der Waals surface area contributed by atoms with Gasteiger partial charge in [0.15, 0.2) is 5.82 Å². The average Bonchev–Trinajstić information content (AvgIpc) is 2.81. The number of nitrogens with zero attached hydrogens (tertiary/aromatic N) is 3. The number of allylic oxidation sites excluding steroid dienone is 1. The zero-order valence-electron chi connectivity index (χ0n) is 11.5. The molecular weight excluding hydrogens is 336 g/mol. The van der Waals surface area contributed by atoms with Gasteiger partial charge in [0.2, 0.25) is 5.16 Å². The van der Waals surface area contributed by atoms with Gasteiger partial charge in [-0.2, -0.15) is 0 Å². The Balaban J connectivity index is 2.04. The second-order valence-electron chi connectivity index (χ2n) is 5.63. The number of rotatable bonds is 1. The normalized spacial score (nSPS) is 14.5. The summed E-state index contributed by atoms with van der Waals surface area (Å²) >= 11 is 5.16. The van der Waals surface area contributed by atoms with E-state index in [0.717, 1.165) is 26.7 Å². The number of benzene rings is 1. The van der Waals surface area contributed by atoms with Crippen LogP contribution in [0.1, 0.15) is 20.8 Å². The Hall–Kier alpha value is -1.27. The first-order valence-electron chi connectivity index (χ1n) is 6.31. The summed E-state index contributed by atoms with van der Waals surface area (Å²) in [6.45, 7) is 6.54. The van der Waals surface area contributed by atoms with Crippen molar-refractivity contribution in [2.75, 3.05) is 5.43 Å². The molecule has 2 aromatic rings. The Morgan fingerprint density at radius 2 is 1.95 bits per heavy atom. The van der Waals surface area contributed by atoms with E-state index in [1.54, 1.807) is 11.8 Å².